The van der Waals surface area contributed by atoms with Gasteiger partial charge in [-0.1, -0.05) is 0 Å². The fraction of sp³-hybridized carbons (Fsp3) is 0.538. The zero-order valence-corrected chi connectivity index (χ0v) is 10.5. The molecule has 1 aromatic rings. The van der Waals surface area contributed by atoms with Crippen LogP contribution in [0.15, 0.2) is 12.1 Å². The Morgan fingerprint density at radius 3 is 2.29 bits per heavy atom. The Morgan fingerprint density at radius 1 is 1.18 bits per heavy atom. The predicted octanol–water partition coefficient (Wildman–Crippen LogP) is 0.849. The molecule has 0 saturated heterocycles. The Labute approximate surface area is 102 Å². The van der Waals surface area contributed by atoms with Gasteiger partial charge in [0.2, 0.25) is 0 Å². The molecule has 1 atom stereocenters. The molecule has 4 heteroatoms. The second-order valence-electron chi connectivity index (χ2n) is 4.72. The highest BCUT2D eigenvalue weighted by Crippen LogP contribution is 2.35. The molecule has 0 aromatic heterocycles. The standard InChI is InChI=1S/C13H20N2O2/c1-16-11-5-9-3-4-13(15,8-14)7-10(9)6-12(11)17-2/h5-6H,3-4,7-8,14-15H2,1-2H3. The highest BCUT2D eigenvalue weighted by atomic mass is 16.5. The van der Waals surface area contributed by atoms with Crippen LogP contribution < -0.4 is 20.9 Å². The highest BCUT2D eigenvalue weighted by Gasteiger charge is 2.30. The molecule has 1 aromatic carbocycles. The van der Waals surface area contributed by atoms with Crippen molar-refractivity contribution in [3.05, 3.63) is 23.3 Å². The maximum atomic E-state index is 6.24. The number of rotatable bonds is 3. The van der Waals surface area contributed by atoms with Crippen molar-refractivity contribution >= 4 is 0 Å². The van der Waals surface area contributed by atoms with Crippen molar-refractivity contribution in [3.63, 3.8) is 0 Å². The second-order valence-corrected chi connectivity index (χ2v) is 4.72. The van der Waals surface area contributed by atoms with Crippen LogP contribution in [0, 0.1) is 0 Å². The molecule has 1 aliphatic carbocycles. The van der Waals surface area contributed by atoms with Gasteiger partial charge >= 0.3 is 0 Å². The smallest absolute Gasteiger partial charge is 0.161 e. The molecule has 0 radical (unpaired) electrons. The Morgan fingerprint density at radius 2 is 1.76 bits per heavy atom. The fourth-order valence-electron chi connectivity index (χ4n) is 2.39. The van der Waals surface area contributed by atoms with Gasteiger partial charge in [-0.3, -0.25) is 0 Å². The van der Waals surface area contributed by atoms with Crippen molar-refractivity contribution in [1.29, 1.82) is 0 Å². The normalized spacial score (nSPS) is 23.1. The van der Waals surface area contributed by atoms with E-state index in [0.29, 0.717) is 6.54 Å². The van der Waals surface area contributed by atoms with Crippen LogP contribution >= 0.6 is 0 Å². The molecule has 4 N–H and O–H groups in total. The lowest BCUT2D eigenvalue weighted by Crippen LogP contribution is -2.51. The fourth-order valence-corrected chi connectivity index (χ4v) is 2.39. The summed E-state index contributed by atoms with van der Waals surface area (Å²) in [5.41, 5.74) is 14.2. The largest absolute Gasteiger partial charge is 0.493 e. The molecule has 0 bridgehead atoms. The second kappa shape index (κ2) is 4.55. The van der Waals surface area contributed by atoms with Crippen LogP contribution in [0.25, 0.3) is 0 Å². The third kappa shape index (κ3) is 2.23. The van der Waals surface area contributed by atoms with Gasteiger partial charge in [-0.15, -0.1) is 0 Å². The predicted molar refractivity (Wildman–Crippen MR) is 67.5 cm³/mol. The number of ether oxygens (including phenoxy) is 2. The summed E-state index contributed by atoms with van der Waals surface area (Å²) in [7, 11) is 3.30. The van der Waals surface area contributed by atoms with E-state index in [0.717, 1.165) is 30.8 Å². The first-order chi connectivity index (χ1) is 8.11. The topological polar surface area (TPSA) is 70.5 Å². The molecule has 17 heavy (non-hydrogen) atoms. The first-order valence-electron chi connectivity index (χ1n) is 5.84. The first kappa shape index (κ1) is 12.2. The van der Waals surface area contributed by atoms with E-state index in [4.69, 9.17) is 20.9 Å². The first-order valence-corrected chi connectivity index (χ1v) is 5.84. The number of fused-ring (bicyclic) bond motifs is 1. The molecule has 0 spiro atoms. The highest BCUT2D eigenvalue weighted by molar-refractivity contribution is 5.49. The molecule has 94 valence electrons. The lowest BCUT2D eigenvalue weighted by molar-refractivity contribution is 0.347. The molecule has 4 nitrogen and oxygen atoms in total. The van der Waals surface area contributed by atoms with Crippen LogP contribution in [0.5, 0.6) is 11.5 Å². The van der Waals surface area contributed by atoms with E-state index in [2.05, 4.69) is 0 Å². The molecule has 0 amide bonds. The van der Waals surface area contributed by atoms with E-state index in [9.17, 15) is 0 Å². The zero-order chi connectivity index (χ0) is 12.5. The summed E-state index contributed by atoms with van der Waals surface area (Å²) in [5.74, 6) is 1.54. The minimum absolute atomic E-state index is 0.271. The summed E-state index contributed by atoms with van der Waals surface area (Å²) >= 11 is 0. The van der Waals surface area contributed by atoms with Crippen molar-refractivity contribution < 1.29 is 9.47 Å². The van der Waals surface area contributed by atoms with Gasteiger partial charge < -0.3 is 20.9 Å². The molecule has 0 saturated carbocycles. The molecule has 1 unspecified atom stereocenters. The van der Waals surface area contributed by atoms with E-state index >= 15 is 0 Å². The number of nitrogens with two attached hydrogens (primary N) is 2. The average molecular weight is 236 g/mol. The molecule has 1 aliphatic rings. The van der Waals surface area contributed by atoms with Crippen LogP contribution in [0.2, 0.25) is 0 Å². The summed E-state index contributed by atoms with van der Waals surface area (Å²) < 4.78 is 10.6. The lowest BCUT2D eigenvalue weighted by Gasteiger charge is -2.34. The summed E-state index contributed by atoms with van der Waals surface area (Å²) in [6.45, 7) is 0.515. The Balaban J connectivity index is 2.38. The molecule has 0 heterocycles. The maximum absolute atomic E-state index is 6.24. The lowest BCUT2D eigenvalue weighted by atomic mass is 9.78. The molecule has 0 fully saturated rings. The van der Waals surface area contributed by atoms with Gasteiger partial charge in [0, 0.05) is 12.1 Å². The maximum Gasteiger partial charge on any atom is 0.161 e. The number of benzene rings is 1. The zero-order valence-electron chi connectivity index (χ0n) is 10.5. The van der Waals surface area contributed by atoms with Gasteiger partial charge in [0.25, 0.3) is 0 Å². The summed E-state index contributed by atoms with van der Waals surface area (Å²) in [6.07, 6.45) is 2.68. The minimum atomic E-state index is -0.271. The van der Waals surface area contributed by atoms with Gasteiger partial charge in [0.1, 0.15) is 0 Å². The molecule has 0 aliphatic heterocycles. The van der Waals surface area contributed by atoms with E-state index < -0.39 is 0 Å². The van der Waals surface area contributed by atoms with E-state index in [1.807, 2.05) is 12.1 Å². The quantitative estimate of drug-likeness (QED) is 0.816. The third-order valence-electron chi connectivity index (χ3n) is 3.55. The van der Waals surface area contributed by atoms with Gasteiger partial charge in [0.15, 0.2) is 11.5 Å². The third-order valence-corrected chi connectivity index (χ3v) is 3.55. The number of hydrogen-bond donors (Lipinski definition) is 2. The van der Waals surface area contributed by atoms with Crippen molar-refractivity contribution in [2.45, 2.75) is 24.8 Å². The van der Waals surface area contributed by atoms with Crippen molar-refractivity contribution in [3.8, 4) is 11.5 Å². The number of aryl methyl sites for hydroxylation is 1. The summed E-state index contributed by atoms with van der Waals surface area (Å²) in [4.78, 5) is 0. The summed E-state index contributed by atoms with van der Waals surface area (Å²) in [6, 6.07) is 4.06. The van der Waals surface area contributed by atoms with Crippen molar-refractivity contribution in [1.82, 2.24) is 0 Å². The molecular formula is C13H20N2O2. The minimum Gasteiger partial charge on any atom is -0.493 e. The summed E-state index contributed by atoms with van der Waals surface area (Å²) in [5, 5.41) is 0. The van der Waals surface area contributed by atoms with E-state index in [-0.39, 0.29) is 5.54 Å². The van der Waals surface area contributed by atoms with Gasteiger partial charge in [-0.2, -0.15) is 0 Å². The van der Waals surface area contributed by atoms with E-state index in [1.165, 1.54) is 11.1 Å². The Hall–Kier alpha value is -1.26. The molecule has 2 rings (SSSR count). The van der Waals surface area contributed by atoms with Crippen LogP contribution in [0.1, 0.15) is 17.5 Å². The SMILES string of the molecule is COc1cc2c(cc1OC)CC(N)(CN)CC2. The Kier molecular flexibility index (Phi) is 3.26. The number of hydrogen-bond acceptors (Lipinski definition) is 4. The van der Waals surface area contributed by atoms with Crippen molar-refractivity contribution in [2.75, 3.05) is 20.8 Å². The van der Waals surface area contributed by atoms with Crippen molar-refractivity contribution in [2.24, 2.45) is 11.5 Å². The average Bonchev–Trinajstić information content (AvgIpc) is 2.37. The van der Waals surface area contributed by atoms with Crippen LogP contribution in [-0.2, 0) is 12.8 Å². The Bertz CT molecular complexity index is 420. The number of methoxy groups -OCH3 is 2. The van der Waals surface area contributed by atoms with Gasteiger partial charge in [-0.25, -0.2) is 0 Å². The van der Waals surface area contributed by atoms with Gasteiger partial charge in [0.05, 0.1) is 14.2 Å². The van der Waals surface area contributed by atoms with Crippen LogP contribution in [0.3, 0.4) is 0 Å². The monoisotopic (exact) mass is 236 g/mol. The van der Waals surface area contributed by atoms with Gasteiger partial charge in [-0.05, 0) is 42.5 Å². The molecular weight excluding hydrogens is 216 g/mol. The van der Waals surface area contributed by atoms with Crippen LogP contribution in [0.4, 0.5) is 0 Å². The van der Waals surface area contributed by atoms with E-state index in [1.54, 1.807) is 14.2 Å². The van der Waals surface area contributed by atoms with Crippen LogP contribution in [-0.4, -0.2) is 26.3 Å².